The molecule has 0 aromatic heterocycles. The average molecular weight is 319 g/mol. The maximum Gasteiger partial charge on any atom is 0.155 e. The Labute approximate surface area is 136 Å². The number of ether oxygens (including phenoxy) is 1. The molecule has 3 heteroatoms. The highest BCUT2D eigenvalue weighted by Crippen LogP contribution is 2.53. The summed E-state index contributed by atoms with van der Waals surface area (Å²) < 4.78 is 5.68. The van der Waals surface area contributed by atoms with E-state index in [-0.39, 0.29) is 16.9 Å². The van der Waals surface area contributed by atoms with Gasteiger partial charge in [0.2, 0.25) is 0 Å². The van der Waals surface area contributed by atoms with Gasteiger partial charge >= 0.3 is 0 Å². The van der Waals surface area contributed by atoms with Gasteiger partial charge in [-0.25, -0.2) is 0 Å². The Hall–Kier alpha value is -0.853. The van der Waals surface area contributed by atoms with E-state index in [1.807, 2.05) is 0 Å². The van der Waals surface area contributed by atoms with Crippen molar-refractivity contribution in [1.29, 1.82) is 0 Å². The topological polar surface area (TPSA) is 26.3 Å². The number of carbonyl (C=O) groups is 1. The number of Topliss-reactive ketones (excluding diaryl/α,β-unsaturated/α-hetero) is 1. The van der Waals surface area contributed by atoms with Gasteiger partial charge in [-0.05, 0) is 31.1 Å². The van der Waals surface area contributed by atoms with Gasteiger partial charge in [0.05, 0.1) is 5.60 Å². The highest BCUT2D eigenvalue weighted by molar-refractivity contribution is 6.83. The Bertz CT molecular complexity index is 558. The van der Waals surface area contributed by atoms with Gasteiger partial charge in [0.15, 0.2) is 5.78 Å². The number of fused-ring (bicyclic) bond motifs is 1. The van der Waals surface area contributed by atoms with Crippen molar-refractivity contribution in [3.63, 3.8) is 0 Å². The summed E-state index contributed by atoms with van der Waals surface area (Å²) in [5.41, 5.74) is 2.67. The lowest BCUT2D eigenvalue weighted by Crippen LogP contribution is -2.50. The number of carbonyl (C=O) groups excluding carboxylic acids is 1. The number of methoxy groups -OCH3 is 1. The summed E-state index contributed by atoms with van der Waals surface area (Å²) in [7, 11) is 0.240. The van der Waals surface area contributed by atoms with Gasteiger partial charge < -0.3 is 4.74 Å². The van der Waals surface area contributed by atoms with Crippen molar-refractivity contribution in [2.45, 2.75) is 65.3 Å². The van der Waals surface area contributed by atoms with Gasteiger partial charge in [-0.15, -0.1) is 5.54 Å². The van der Waals surface area contributed by atoms with E-state index in [1.54, 1.807) is 7.11 Å². The fourth-order valence-corrected chi connectivity index (χ4v) is 4.27. The summed E-state index contributed by atoms with van der Waals surface area (Å²) in [5.74, 6) is 4.00. The van der Waals surface area contributed by atoms with Gasteiger partial charge in [0, 0.05) is 13.5 Å². The second kappa shape index (κ2) is 5.35. The standard InChI is InChI=1S/C19H30O2Si/c1-17(2)12-15-13-18(3,21-4)8-9-19(15,16(20)14-17)10-11-22(5,6)7/h8-9,15H,12-14H2,1-7H3/t15-,18+,19-/m1/s1. The van der Waals surface area contributed by atoms with Crippen LogP contribution in [0.1, 0.15) is 40.0 Å². The van der Waals surface area contributed by atoms with E-state index in [1.165, 1.54) is 0 Å². The SMILES string of the molecule is CO[C@@]1(C)C=C[C@]2(C#C[Si](C)(C)C)C(=O)CC(C)(C)C[C@@H]2C1. The lowest BCUT2D eigenvalue weighted by Gasteiger charge is -2.49. The predicted octanol–water partition coefficient (Wildman–Crippen LogP) is 4.22. The molecule has 22 heavy (non-hydrogen) atoms. The summed E-state index contributed by atoms with van der Waals surface area (Å²) in [4.78, 5) is 13.0. The molecule has 2 aliphatic carbocycles. The van der Waals surface area contributed by atoms with Gasteiger partial charge in [-0.3, -0.25) is 4.79 Å². The predicted molar refractivity (Wildman–Crippen MR) is 94.2 cm³/mol. The Morgan fingerprint density at radius 2 is 1.82 bits per heavy atom. The molecule has 0 radical (unpaired) electrons. The summed E-state index contributed by atoms with van der Waals surface area (Å²) in [6.45, 7) is 13.2. The van der Waals surface area contributed by atoms with Crippen molar-refractivity contribution >= 4 is 13.9 Å². The summed E-state index contributed by atoms with van der Waals surface area (Å²) in [5, 5.41) is 0. The Morgan fingerprint density at radius 1 is 1.18 bits per heavy atom. The number of hydrogen-bond acceptors (Lipinski definition) is 2. The molecule has 2 rings (SSSR count). The first kappa shape index (κ1) is 17.5. The fourth-order valence-electron chi connectivity index (χ4n) is 3.69. The number of hydrogen-bond donors (Lipinski definition) is 0. The van der Waals surface area contributed by atoms with Gasteiger partial charge in [-0.2, -0.15) is 0 Å². The van der Waals surface area contributed by atoms with E-state index in [4.69, 9.17) is 4.74 Å². The molecule has 0 heterocycles. The minimum Gasteiger partial charge on any atom is -0.374 e. The van der Waals surface area contributed by atoms with Gasteiger partial charge in [0.25, 0.3) is 0 Å². The zero-order valence-corrected chi connectivity index (χ0v) is 16.2. The molecular formula is C19H30O2Si. The van der Waals surface area contributed by atoms with Crippen molar-refractivity contribution in [3.8, 4) is 11.5 Å². The molecule has 0 saturated heterocycles. The monoisotopic (exact) mass is 318 g/mol. The summed E-state index contributed by atoms with van der Waals surface area (Å²) in [6.07, 6.45) is 6.66. The van der Waals surface area contributed by atoms with E-state index in [0.717, 1.165) is 12.8 Å². The fraction of sp³-hybridized carbons (Fsp3) is 0.737. The molecule has 1 saturated carbocycles. The van der Waals surface area contributed by atoms with Crippen LogP contribution >= 0.6 is 0 Å². The maximum absolute atomic E-state index is 13.0. The largest absolute Gasteiger partial charge is 0.374 e. The Kier molecular flexibility index (Phi) is 4.26. The molecule has 1 fully saturated rings. The molecule has 3 atom stereocenters. The molecule has 0 aromatic rings. The lowest BCUT2D eigenvalue weighted by molar-refractivity contribution is -0.135. The Morgan fingerprint density at radius 3 is 2.36 bits per heavy atom. The van der Waals surface area contributed by atoms with Crippen LogP contribution < -0.4 is 0 Å². The van der Waals surface area contributed by atoms with Crippen molar-refractivity contribution in [3.05, 3.63) is 12.2 Å². The smallest absolute Gasteiger partial charge is 0.155 e. The zero-order chi connectivity index (χ0) is 16.8. The average Bonchev–Trinajstić information content (AvgIpc) is 2.35. The van der Waals surface area contributed by atoms with Gasteiger partial charge in [-0.1, -0.05) is 51.6 Å². The van der Waals surface area contributed by atoms with Crippen LogP contribution in [0.3, 0.4) is 0 Å². The number of rotatable bonds is 1. The molecular weight excluding hydrogens is 288 g/mol. The Balaban J connectivity index is 2.52. The van der Waals surface area contributed by atoms with Crippen LogP contribution in [0.15, 0.2) is 12.2 Å². The third-order valence-electron chi connectivity index (χ3n) is 5.00. The van der Waals surface area contributed by atoms with Crippen molar-refractivity contribution in [2.75, 3.05) is 7.11 Å². The lowest BCUT2D eigenvalue weighted by atomic mass is 9.54. The van der Waals surface area contributed by atoms with Crippen LogP contribution in [-0.4, -0.2) is 26.6 Å². The van der Waals surface area contributed by atoms with E-state index in [0.29, 0.717) is 12.2 Å². The summed E-state index contributed by atoms with van der Waals surface area (Å²) >= 11 is 0. The van der Waals surface area contributed by atoms with Crippen LogP contribution in [0.5, 0.6) is 0 Å². The maximum atomic E-state index is 13.0. The molecule has 122 valence electrons. The molecule has 2 aliphatic rings. The summed E-state index contributed by atoms with van der Waals surface area (Å²) in [6, 6.07) is 0. The second-order valence-electron chi connectivity index (χ2n) is 9.09. The molecule has 0 amide bonds. The van der Waals surface area contributed by atoms with E-state index < -0.39 is 13.5 Å². The van der Waals surface area contributed by atoms with Crippen LogP contribution in [0.4, 0.5) is 0 Å². The van der Waals surface area contributed by atoms with E-state index in [9.17, 15) is 4.79 Å². The first-order valence-electron chi connectivity index (χ1n) is 8.25. The molecule has 0 bridgehead atoms. The van der Waals surface area contributed by atoms with Crippen molar-refractivity contribution in [2.24, 2.45) is 16.7 Å². The minimum absolute atomic E-state index is 0.0614. The quantitative estimate of drug-likeness (QED) is 0.411. The first-order chi connectivity index (χ1) is 9.91. The molecule has 2 nitrogen and oxygen atoms in total. The number of ketones is 1. The van der Waals surface area contributed by atoms with Crippen molar-refractivity contribution < 1.29 is 9.53 Å². The van der Waals surface area contributed by atoms with Crippen molar-refractivity contribution in [1.82, 2.24) is 0 Å². The highest BCUT2D eigenvalue weighted by atomic mass is 28.3. The van der Waals surface area contributed by atoms with Crippen LogP contribution in [0.25, 0.3) is 0 Å². The molecule has 0 spiro atoms. The second-order valence-corrected chi connectivity index (χ2v) is 13.8. The van der Waals surface area contributed by atoms with Gasteiger partial charge in [0.1, 0.15) is 13.5 Å². The third-order valence-corrected chi connectivity index (χ3v) is 5.88. The minimum atomic E-state index is -1.51. The third kappa shape index (κ3) is 3.39. The zero-order valence-electron chi connectivity index (χ0n) is 15.2. The van der Waals surface area contributed by atoms with E-state index in [2.05, 4.69) is 64.0 Å². The molecule has 0 aliphatic heterocycles. The molecule has 0 unspecified atom stereocenters. The molecule has 0 aromatic carbocycles. The van der Waals surface area contributed by atoms with Crippen LogP contribution in [-0.2, 0) is 9.53 Å². The highest BCUT2D eigenvalue weighted by Gasteiger charge is 2.53. The normalized spacial score (nSPS) is 37.2. The molecule has 0 N–H and O–H groups in total. The first-order valence-corrected chi connectivity index (χ1v) is 11.7. The van der Waals surface area contributed by atoms with Crippen LogP contribution in [0, 0.1) is 28.2 Å². The number of allylic oxidation sites excluding steroid dienone is 1. The van der Waals surface area contributed by atoms with Crippen LogP contribution in [0.2, 0.25) is 19.6 Å². The van der Waals surface area contributed by atoms with E-state index >= 15 is 0 Å².